The number of benzene rings is 1. The Morgan fingerprint density at radius 2 is 2.07 bits per heavy atom. The lowest BCUT2D eigenvalue weighted by atomic mass is 10.2. The van der Waals surface area contributed by atoms with Gasteiger partial charge in [-0.15, -0.1) is 11.3 Å². The Morgan fingerprint density at radius 3 is 2.79 bits per heavy atom. The van der Waals surface area contributed by atoms with Gasteiger partial charge in [-0.25, -0.2) is 9.97 Å². The summed E-state index contributed by atoms with van der Waals surface area (Å²) in [6.07, 6.45) is 5.35. The third-order valence-corrected chi connectivity index (χ3v) is 4.79. The lowest BCUT2D eigenvalue weighted by Crippen LogP contribution is -2.10. The van der Waals surface area contributed by atoms with E-state index in [9.17, 15) is 4.79 Å². The number of hydrogen-bond acceptors (Lipinski definition) is 6. The predicted molar refractivity (Wildman–Crippen MR) is 111 cm³/mol. The van der Waals surface area contributed by atoms with Gasteiger partial charge in [-0.3, -0.25) is 10.1 Å². The molecule has 29 heavy (non-hydrogen) atoms. The average molecular weight is 408 g/mol. The van der Waals surface area contributed by atoms with E-state index in [1.807, 2.05) is 54.3 Å². The Kier molecular flexibility index (Phi) is 5.44. The van der Waals surface area contributed by atoms with Gasteiger partial charge in [-0.05, 0) is 50.2 Å². The largest absolute Gasteiger partial charge is 0.491 e. The standard InChI is InChI=1S/C21H20N4O3S/c1-14(2)27-16-5-3-15(4-6-16)18-12-29-21(23-18)24-20(26)19-8-7-17(28-19)11-25-10-9-22-13-25/h3-10,12-14H,11H2,1-2H3,(H,23,24,26). The van der Waals surface area contributed by atoms with E-state index in [0.29, 0.717) is 17.4 Å². The highest BCUT2D eigenvalue weighted by Crippen LogP contribution is 2.27. The van der Waals surface area contributed by atoms with Crippen LogP contribution in [-0.2, 0) is 6.54 Å². The van der Waals surface area contributed by atoms with Crippen LogP contribution in [0.5, 0.6) is 5.75 Å². The molecule has 3 heterocycles. The highest BCUT2D eigenvalue weighted by atomic mass is 32.1. The summed E-state index contributed by atoms with van der Waals surface area (Å²) in [5.41, 5.74) is 1.75. The Bertz CT molecular complexity index is 1080. The Labute approximate surface area is 172 Å². The number of nitrogens with one attached hydrogen (secondary N) is 1. The molecule has 0 spiro atoms. The molecule has 0 unspecified atom stereocenters. The molecule has 148 valence electrons. The van der Waals surface area contributed by atoms with E-state index in [1.165, 1.54) is 11.3 Å². The molecule has 0 saturated heterocycles. The summed E-state index contributed by atoms with van der Waals surface area (Å²) in [5.74, 6) is 1.41. The smallest absolute Gasteiger partial charge is 0.293 e. The van der Waals surface area contributed by atoms with Gasteiger partial charge >= 0.3 is 0 Å². The molecule has 1 aromatic carbocycles. The number of rotatable bonds is 7. The van der Waals surface area contributed by atoms with Crippen LogP contribution >= 0.6 is 11.3 Å². The van der Waals surface area contributed by atoms with Crippen molar-refractivity contribution in [1.29, 1.82) is 0 Å². The highest BCUT2D eigenvalue weighted by molar-refractivity contribution is 7.14. The van der Waals surface area contributed by atoms with Gasteiger partial charge in [0.05, 0.1) is 24.7 Å². The number of thiazole rings is 1. The van der Waals surface area contributed by atoms with Crippen LogP contribution in [0.3, 0.4) is 0 Å². The molecular formula is C21H20N4O3S. The van der Waals surface area contributed by atoms with E-state index >= 15 is 0 Å². The summed E-state index contributed by atoms with van der Waals surface area (Å²) in [6.45, 7) is 4.50. The monoisotopic (exact) mass is 408 g/mol. The fourth-order valence-corrected chi connectivity index (χ4v) is 3.46. The van der Waals surface area contributed by atoms with Crippen LogP contribution in [0.4, 0.5) is 5.13 Å². The Balaban J connectivity index is 1.40. The zero-order chi connectivity index (χ0) is 20.2. The summed E-state index contributed by atoms with van der Waals surface area (Å²) in [6, 6.07) is 11.2. The maximum Gasteiger partial charge on any atom is 0.293 e. The molecule has 1 N–H and O–H groups in total. The van der Waals surface area contributed by atoms with Crippen LogP contribution in [0.25, 0.3) is 11.3 Å². The average Bonchev–Trinajstić information content (AvgIpc) is 3.44. The third-order valence-electron chi connectivity index (χ3n) is 4.03. The van der Waals surface area contributed by atoms with Gasteiger partial charge < -0.3 is 13.7 Å². The van der Waals surface area contributed by atoms with Crippen molar-refractivity contribution < 1.29 is 13.9 Å². The maximum atomic E-state index is 12.4. The van der Waals surface area contributed by atoms with E-state index in [1.54, 1.807) is 24.7 Å². The second kappa shape index (κ2) is 8.32. The molecule has 0 atom stereocenters. The van der Waals surface area contributed by atoms with Crippen LogP contribution in [-0.4, -0.2) is 26.5 Å². The molecule has 0 radical (unpaired) electrons. The van der Waals surface area contributed by atoms with Crippen molar-refractivity contribution >= 4 is 22.4 Å². The lowest BCUT2D eigenvalue weighted by molar-refractivity contribution is 0.0994. The van der Waals surface area contributed by atoms with Crippen molar-refractivity contribution in [2.45, 2.75) is 26.5 Å². The summed E-state index contributed by atoms with van der Waals surface area (Å²) in [5, 5.41) is 5.21. The maximum absolute atomic E-state index is 12.4. The van der Waals surface area contributed by atoms with Crippen molar-refractivity contribution in [3.8, 4) is 17.0 Å². The first-order valence-corrected chi connectivity index (χ1v) is 10.0. The number of carbonyl (C=O) groups is 1. The molecule has 0 bridgehead atoms. The van der Waals surface area contributed by atoms with Crippen molar-refractivity contribution in [2.24, 2.45) is 0 Å². The van der Waals surface area contributed by atoms with Crippen LogP contribution in [0.15, 0.2) is 64.9 Å². The number of amides is 1. The third kappa shape index (κ3) is 4.72. The molecule has 0 aliphatic heterocycles. The van der Waals surface area contributed by atoms with Crippen molar-refractivity contribution in [3.05, 3.63) is 72.0 Å². The normalized spacial score (nSPS) is 11.0. The first-order chi connectivity index (χ1) is 14.1. The minimum Gasteiger partial charge on any atom is -0.491 e. The van der Waals surface area contributed by atoms with E-state index in [4.69, 9.17) is 9.15 Å². The van der Waals surface area contributed by atoms with Gasteiger partial charge in [0.25, 0.3) is 5.91 Å². The number of imidazole rings is 1. The molecule has 0 aliphatic rings. The number of nitrogens with zero attached hydrogens (tertiary/aromatic N) is 3. The highest BCUT2D eigenvalue weighted by Gasteiger charge is 2.14. The summed E-state index contributed by atoms with van der Waals surface area (Å²) in [7, 11) is 0. The minimum absolute atomic E-state index is 0.129. The molecule has 4 aromatic rings. The van der Waals surface area contributed by atoms with Gasteiger partial charge in [-0.2, -0.15) is 0 Å². The molecule has 1 amide bonds. The van der Waals surface area contributed by atoms with Crippen molar-refractivity contribution in [3.63, 3.8) is 0 Å². The Morgan fingerprint density at radius 1 is 1.24 bits per heavy atom. The van der Waals surface area contributed by atoms with E-state index in [-0.39, 0.29) is 17.8 Å². The summed E-state index contributed by atoms with van der Waals surface area (Å²) < 4.78 is 13.2. The summed E-state index contributed by atoms with van der Waals surface area (Å²) >= 11 is 1.36. The number of aromatic nitrogens is 3. The molecule has 8 heteroatoms. The molecule has 7 nitrogen and oxygen atoms in total. The topological polar surface area (TPSA) is 82.2 Å². The molecule has 3 aromatic heterocycles. The second-order valence-corrected chi connectivity index (χ2v) is 7.54. The van der Waals surface area contributed by atoms with E-state index < -0.39 is 0 Å². The SMILES string of the molecule is CC(C)Oc1ccc(-c2csc(NC(=O)c3ccc(Cn4ccnc4)o3)n2)cc1. The number of hydrogen-bond donors (Lipinski definition) is 1. The molecule has 0 fully saturated rings. The molecular weight excluding hydrogens is 388 g/mol. The van der Waals surface area contributed by atoms with Crippen LogP contribution in [0, 0.1) is 0 Å². The van der Waals surface area contributed by atoms with Gasteiger partial charge in [-0.1, -0.05) is 0 Å². The first kappa shape index (κ1) is 18.9. The van der Waals surface area contributed by atoms with Gasteiger partial charge in [0.15, 0.2) is 10.9 Å². The van der Waals surface area contributed by atoms with Gasteiger partial charge in [0.2, 0.25) is 0 Å². The molecule has 0 saturated carbocycles. The van der Waals surface area contributed by atoms with Crippen LogP contribution in [0.2, 0.25) is 0 Å². The number of furan rings is 1. The number of anilines is 1. The fourth-order valence-electron chi connectivity index (χ4n) is 2.74. The summed E-state index contributed by atoms with van der Waals surface area (Å²) in [4.78, 5) is 20.9. The van der Waals surface area contributed by atoms with E-state index in [2.05, 4.69) is 15.3 Å². The lowest BCUT2D eigenvalue weighted by Gasteiger charge is -2.09. The van der Waals surface area contributed by atoms with Gasteiger partial charge in [0, 0.05) is 23.3 Å². The quantitative estimate of drug-likeness (QED) is 0.480. The van der Waals surface area contributed by atoms with Crippen molar-refractivity contribution in [2.75, 3.05) is 5.32 Å². The zero-order valence-electron chi connectivity index (χ0n) is 16.0. The Hall–Kier alpha value is -3.39. The van der Waals surface area contributed by atoms with E-state index in [0.717, 1.165) is 17.0 Å². The number of ether oxygens (including phenoxy) is 1. The fraction of sp³-hybridized carbons (Fsp3) is 0.190. The molecule has 4 rings (SSSR count). The van der Waals surface area contributed by atoms with Crippen LogP contribution in [0.1, 0.15) is 30.2 Å². The molecule has 0 aliphatic carbocycles. The van der Waals surface area contributed by atoms with Crippen LogP contribution < -0.4 is 10.1 Å². The zero-order valence-corrected chi connectivity index (χ0v) is 16.8. The first-order valence-electron chi connectivity index (χ1n) is 9.15. The minimum atomic E-state index is -0.330. The predicted octanol–water partition coefficient (Wildman–Crippen LogP) is 4.69. The second-order valence-electron chi connectivity index (χ2n) is 6.68. The van der Waals surface area contributed by atoms with Gasteiger partial charge in [0.1, 0.15) is 11.5 Å². The number of carbonyl (C=O) groups excluding carboxylic acids is 1. The van der Waals surface area contributed by atoms with Crippen molar-refractivity contribution in [1.82, 2.24) is 14.5 Å².